The number of carboxylic acid groups (broad SMARTS) is 1. The van der Waals surface area contributed by atoms with Crippen molar-refractivity contribution in [3.05, 3.63) is 33.0 Å². The molecular formula is C9H8F2N2O4. The molecule has 6 nitrogen and oxygen atoms in total. The van der Waals surface area contributed by atoms with Crippen LogP contribution in [0.2, 0.25) is 0 Å². The molecule has 1 aromatic heterocycles. The van der Waals surface area contributed by atoms with Gasteiger partial charge in [-0.15, -0.1) is 0 Å². The lowest BCUT2D eigenvalue weighted by atomic mass is 10.1. The van der Waals surface area contributed by atoms with Gasteiger partial charge in [0.25, 0.3) is 6.43 Å². The van der Waals surface area contributed by atoms with Gasteiger partial charge in [0.15, 0.2) is 5.69 Å². The van der Waals surface area contributed by atoms with E-state index in [2.05, 4.69) is 4.98 Å². The van der Waals surface area contributed by atoms with Crippen LogP contribution in [0.1, 0.15) is 23.2 Å². The first-order chi connectivity index (χ1) is 7.82. The molecule has 0 aliphatic heterocycles. The number of pyridine rings is 1. The molecule has 1 rings (SSSR count). The molecule has 8 heteroatoms. The minimum Gasteiger partial charge on any atom is -0.481 e. The van der Waals surface area contributed by atoms with E-state index in [0.717, 1.165) is 6.07 Å². The van der Waals surface area contributed by atoms with E-state index in [1.807, 2.05) is 0 Å². The number of nitro groups is 1. The maximum absolute atomic E-state index is 12.5. The van der Waals surface area contributed by atoms with Gasteiger partial charge in [0.05, 0.1) is 6.42 Å². The Labute approximate surface area is 94.1 Å². The first kappa shape index (κ1) is 12.9. The Hall–Kier alpha value is -2.12. The lowest BCUT2D eigenvalue weighted by Gasteiger charge is -2.05. The van der Waals surface area contributed by atoms with E-state index in [0.29, 0.717) is 0 Å². The molecule has 0 radical (unpaired) electrons. The Kier molecular flexibility index (Phi) is 3.66. The van der Waals surface area contributed by atoms with Gasteiger partial charge in [-0.05, 0) is 16.0 Å². The van der Waals surface area contributed by atoms with Crippen LogP contribution in [0.15, 0.2) is 6.07 Å². The van der Waals surface area contributed by atoms with Gasteiger partial charge in [0.1, 0.15) is 5.56 Å². The van der Waals surface area contributed by atoms with Crippen LogP contribution in [0.4, 0.5) is 14.6 Å². The standard InChI is InChI=1S/C9H8F2N2O4/c1-4-5(3-7(14)15)2-6(8(10)11)9(12-4)13(16)17/h2,8H,3H2,1H3,(H,14,15). The summed E-state index contributed by atoms with van der Waals surface area (Å²) in [6.45, 7) is 1.33. The number of hydrogen-bond donors (Lipinski definition) is 1. The SMILES string of the molecule is Cc1nc([N+](=O)[O-])c(C(F)F)cc1CC(=O)O. The summed E-state index contributed by atoms with van der Waals surface area (Å²) in [5.74, 6) is -2.16. The van der Waals surface area contributed by atoms with E-state index < -0.39 is 35.1 Å². The molecule has 0 bridgehead atoms. The predicted octanol–water partition coefficient (Wildman–Crippen LogP) is 1.86. The van der Waals surface area contributed by atoms with Gasteiger partial charge in [0.2, 0.25) is 0 Å². The fraction of sp³-hybridized carbons (Fsp3) is 0.333. The largest absolute Gasteiger partial charge is 0.481 e. The molecule has 0 saturated heterocycles. The van der Waals surface area contributed by atoms with Crippen molar-refractivity contribution in [3.8, 4) is 0 Å². The van der Waals surface area contributed by atoms with Gasteiger partial charge >= 0.3 is 11.8 Å². The van der Waals surface area contributed by atoms with E-state index >= 15 is 0 Å². The molecule has 1 heterocycles. The Balaban J connectivity index is 3.34. The maximum Gasteiger partial charge on any atom is 0.372 e. The number of alkyl halides is 2. The first-order valence-electron chi connectivity index (χ1n) is 4.47. The molecule has 0 aliphatic rings. The monoisotopic (exact) mass is 246 g/mol. The molecule has 0 unspecified atom stereocenters. The van der Waals surface area contributed by atoms with Gasteiger partial charge < -0.3 is 15.2 Å². The van der Waals surface area contributed by atoms with E-state index in [9.17, 15) is 23.7 Å². The Morgan fingerprint density at radius 2 is 2.24 bits per heavy atom. The van der Waals surface area contributed by atoms with Gasteiger partial charge in [-0.3, -0.25) is 4.79 Å². The van der Waals surface area contributed by atoms with Crippen LogP contribution in [0.3, 0.4) is 0 Å². The Bertz CT molecular complexity index is 476. The van der Waals surface area contributed by atoms with E-state index in [1.54, 1.807) is 0 Å². The minimum atomic E-state index is -3.07. The molecule has 0 atom stereocenters. The number of hydrogen-bond acceptors (Lipinski definition) is 4. The van der Waals surface area contributed by atoms with Crippen molar-refractivity contribution >= 4 is 11.8 Å². The van der Waals surface area contributed by atoms with E-state index in [-0.39, 0.29) is 11.3 Å². The topological polar surface area (TPSA) is 93.3 Å². The second kappa shape index (κ2) is 4.81. The molecule has 0 fully saturated rings. The highest BCUT2D eigenvalue weighted by molar-refractivity contribution is 5.70. The summed E-state index contributed by atoms with van der Waals surface area (Å²) in [6.07, 6.45) is -3.58. The quantitative estimate of drug-likeness (QED) is 0.646. The number of halogens is 2. The van der Waals surface area contributed by atoms with Crippen molar-refractivity contribution < 1.29 is 23.6 Å². The van der Waals surface area contributed by atoms with Crippen molar-refractivity contribution in [3.63, 3.8) is 0 Å². The van der Waals surface area contributed by atoms with Crippen LogP contribution >= 0.6 is 0 Å². The average molecular weight is 246 g/mol. The van der Waals surface area contributed by atoms with Gasteiger partial charge in [0, 0.05) is 12.5 Å². The zero-order valence-corrected chi connectivity index (χ0v) is 8.68. The number of aliphatic carboxylic acids is 1. The fourth-order valence-electron chi connectivity index (χ4n) is 1.30. The number of carbonyl (C=O) groups is 1. The van der Waals surface area contributed by atoms with Crippen LogP contribution in [-0.4, -0.2) is 21.0 Å². The van der Waals surface area contributed by atoms with Crippen molar-refractivity contribution in [2.75, 3.05) is 0 Å². The number of rotatable bonds is 4. The number of nitrogens with zero attached hydrogens (tertiary/aromatic N) is 2. The predicted molar refractivity (Wildman–Crippen MR) is 51.9 cm³/mol. The van der Waals surface area contributed by atoms with Crippen molar-refractivity contribution in [2.45, 2.75) is 19.8 Å². The van der Waals surface area contributed by atoms with Gasteiger partial charge in [-0.25, -0.2) is 8.78 Å². The third-order valence-corrected chi connectivity index (χ3v) is 2.08. The molecule has 1 N–H and O–H groups in total. The Morgan fingerprint density at radius 1 is 1.65 bits per heavy atom. The zero-order chi connectivity index (χ0) is 13.2. The van der Waals surface area contributed by atoms with Crippen LogP contribution < -0.4 is 0 Å². The van der Waals surface area contributed by atoms with Crippen molar-refractivity contribution in [1.82, 2.24) is 4.98 Å². The lowest BCUT2D eigenvalue weighted by molar-refractivity contribution is -0.391. The summed E-state index contributed by atoms with van der Waals surface area (Å²) >= 11 is 0. The second-order valence-electron chi connectivity index (χ2n) is 3.27. The number of aryl methyl sites for hydroxylation is 1. The molecule has 0 aliphatic carbocycles. The molecule has 92 valence electrons. The van der Waals surface area contributed by atoms with E-state index in [4.69, 9.17) is 5.11 Å². The van der Waals surface area contributed by atoms with Crippen molar-refractivity contribution in [2.24, 2.45) is 0 Å². The third-order valence-electron chi connectivity index (χ3n) is 2.08. The van der Waals surface area contributed by atoms with Crippen LogP contribution in [0.5, 0.6) is 0 Å². The molecule has 0 amide bonds. The summed E-state index contributed by atoms with van der Waals surface area (Å²) in [4.78, 5) is 23.4. The zero-order valence-electron chi connectivity index (χ0n) is 8.68. The average Bonchev–Trinajstić information content (AvgIpc) is 2.19. The molecule has 0 aromatic carbocycles. The maximum atomic E-state index is 12.5. The molecule has 17 heavy (non-hydrogen) atoms. The highest BCUT2D eigenvalue weighted by Gasteiger charge is 2.26. The number of aromatic nitrogens is 1. The highest BCUT2D eigenvalue weighted by Crippen LogP contribution is 2.29. The third kappa shape index (κ3) is 2.92. The summed E-state index contributed by atoms with van der Waals surface area (Å²) in [5, 5.41) is 19.1. The summed E-state index contributed by atoms with van der Waals surface area (Å²) in [6, 6.07) is 0.819. The highest BCUT2D eigenvalue weighted by atomic mass is 19.3. The second-order valence-corrected chi connectivity index (χ2v) is 3.27. The lowest BCUT2D eigenvalue weighted by Crippen LogP contribution is -2.08. The summed E-state index contributed by atoms with van der Waals surface area (Å²) < 4.78 is 25.1. The minimum absolute atomic E-state index is 0.0402. The normalized spacial score (nSPS) is 10.6. The molecular weight excluding hydrogens is 238 g/mol. The van der Waals surface area contributed by atoms with E-state index in [1.165, 1.54) is 6.92 Å². The first-order valence-corrected chi connectivity index (χ1v) is 4.47. The van der Waals surface area contributed by atoms with Crippen LogP contribution in [0.25, 0.3) is 0 Å². The molecule has 0 spiro atoms. The Morgan fingerprint density at radius 3 is 2.65 bits per heavy atom. The fourth-order valence-corrected chi connectivity index (χ4v) is 1.30. The summed E-state index contributed by atoms with van der Waals surface area (Å²) in [7, 11) is 0. The van der Waals surface area contributed by atoms with Crippen molar-refractivity contribution in [1.29, 1.82) is 0 Å². The number of carboxylic acids is 1. The van der Waals surface area contributed by atoms with Gasteiger partial charge in [-0.1, -0.05) is 0 Å². The van der Waals surface area contributed by atoms with Crippen LogP contribution in [0, 0.1) is 17.0 Å². The molecule has 0 saturated carbocycles. The molecule has 1 aromatic rings. The van der Waals surface area contributed by atoms with Crippen LogP contribution in [-0.2, 0) is 11.2 Å². The summed E-state index contributed by atoms with van der Waals surface area (Å²) in [5.41, 5.74) is -0.765. The van der Waals surface area contributed by atoms with Gasteiger partial charge in [-0.2, -0.15) is 0 Å². The smallest absolute Gasteiger partial charge is 0.372 e.